The van der Waals surface area contributed by atoms with Crippen molar-refractivity contribution in [2.45, 2.75) is 33.1 Å². The van der Waals surface area contributed by atoms with E-state index in [9.17, 15) is 4.79 Å². The molecule has 1 nitrogen and oxygen atoms in total. The van der Waals surface area contributed by atoms with Crippen LogP contribution < -0.4 is 0 Å². The number of rotatable bonds is 5. The van der Waals surface area contributed by atoms with Crippen LogP contribution in [0.2, 0.25) is 0 Å². The summed E-state index contributed by atoms with van der Waals surface area (Å²) >= 11 is 0. The third-order valence-corrected chi connectivity index (χ3v) is 4.84. The summed E-state index contributed by atoms with van der Waals surface area (Å²) in [5.74, 6) is 0. The van der Waals surface area contributed by atoms with Gasteiger partial charge in [-0.1, -0.05) is 0 Å². The van der Waals surface area contributed by atoms with Crippen molar-refractivity contribution in [2.24, 2.45) is 0 Å². The van der Waals surface area contributed by atoms with E-state index >= 15 is 0 Å². The van der Waals surface area contributed by atoms with E-state index in [-0.39, 0.29) is 12.2 Å². The van der Waals surface area contributed by atoms with Crippen molar-refractivity contribution in [3.63, 3.8) is 0 Å². The molecule has 68 valence electrons. The van der Waals surface area contributed by atoms with Gasteiger partial charge in [0.2, 0.25) is 0 Å². The zero-order valence-electron chi connectivity index (χ0n) is 9.89. The predicted octanol–water partition coefficient (Wildman–Crippen LogP) is 2.73. The van der Waals surface area contributed by atoms with Gasteiger partial charge in [-0.05, 0) is 0 Å². The van der Waals surface area contributed by atoms with E-state index in [1.165, 1.54) is 6.92 Å². The number of hydrogen-bond donors (Lipinski definition) is 0. The Hall–Kier alpha value is 0.100. The van der Waals surface area contributed by atoms with Crippen molar-refractivity contribution in [1.29, 1.82) is 1.28 Å². The molecule has 0 saturated carbocycles. The van der Waals surface area contributed by atoms with E-state index < -0.39 is 7.21 Å². The molecular weight excluding hydrogens is 155 g/mol. The van der Waals surface area contributed by atoms with Crippen LogP contribution in [0.15, 0.2) is 0 Å². The molecule has 2 heteroatoms. The summed E-state index contributed by atoms with van der Waals surface area (Å²) in [6.07, 6.45) is 3.73. The quantitative estimate of drug-likeness (QED) is 0.469. The minimum atomic E-state index is -3.03. The van der Waals surface area contributed by atoms with Gasteiger partial charge in [0.05, 0.1) is 0 Å². The van der Waals surface area contributed by atoms with Gasteiger partial charge >= 0.3 is 72.8 Å². The van der Waals surface area contributed by atoms with E-state index in [0.717, 1.165) is 19.3 Å². The molecule has 0 amide bonds. The van der Waals surface area contributed by atoms with Crippen LogP contribution in [0.3, 0.4) is 0 Å². The van der Waals surface area contributed by atoms with E-state index in [4.69, 9.17) is 2.65 Å². The summed E-state index contributed by atoms with van der Waals surface area (Å²) < 4.78 is 15.5. The van der Waals surface area contributed by atoms with Gasteiger partial charge in [-0.15, -0.1) is 0 Å². The molecule has 0 unspecified atom stereocenters. The molecule has 0 fully saturated rings. The van der Waals surface area contributed by atoms with Gasteiger partial charge < -0.3 is 0 Å². The number of carbonyl (C=O) groups is 1. The number of unbranched alkanes of at least 4 members (excludes halogenated alkanes) is 2. The fourth-order valence-electron chi connectivity index (χ4n) is 0.868. The molecule has 0 aromatic rings. The first kappa shape index (κ1) is 7.73. The van der Waals surface area contributed by atoms with Gasteiger partial charge in [-0.25, -0.2) is 0 Å². The second-order valence-electron chi connectivity index (χ2n) is 3.35. The van der Waals surface area contributed by atoms with Crippen LogP contribution in [0.5, 0.6) is 0 Å². The Morgan fingerprint density at radius 2 is 2.27 bits per heavy atom. The molecule has 0 rings (SSSR count). The van der Waals surface area contributed by atoms with Crippen LogP contribution in [0.1, 0.15) is 34.5 Å². The van der Waals surface area contributed by atoms with Crippen LogP contribution in [0.25, 0.3) is 0 Å². The molecule has 0 N–H and O–H groups in total. The first-order valence-corrected chi connectivity index (χ1v) is 6.82. The molecule has 0 aromatic carbocycles. The Kier molecular flexibility index (Phi) is 3.43. The summed E-state index contributed by atoms with van der Waals surface area (Å²) in [4.78, 5) is 11.4. The zero-order chi connectivity index (χ0) is 10.6. The molecule has 0 aliphatic carbocycles. The first-order chi connectivity index (χ1) is 5.85. The van der Waals surface area contributed by atoms with Crippen LogP contribution in [0, 0.1) is 0 Å². The molecule has 0 saturated heterocycles. The molecule has 0 aliphatic heterocycles. The normalized spacial score (nSPS) is 17.9. The number of carbonyl (C=O) groups excluding carboxylic acids is 1. The maximum absolute atomic E-state index is 11.4. The van der Waals surface area contributed by atoms with Crippen molar-refractivity contribution in [3.8, 4) is 0 Å². The Morgan fingerprint density at radius 3 is 2.64 bits per heavy atom. The third kappa shape index (κ3) is 4.53. The molecule has 0 atom stereocenters. The van der Waals surface area contributed by atoms with Gasteiger partial charge in [0.25, 0.3) is 0 Å². The maximum atomic E-state index is 11.4. The molecule has 0 spiro atoms. The van der Waals surface area contributed by atoms with Gasteiger partial charge in [-0.2, -0.15) is 0 Å². The summed E-state index contributed by atoms with van der Waals surface area (Å²) in [6, 6.07) is 0. The van der Waals surface area contributed by atoms with Crippen molar-refractivity contribution >= 4 is 12.7 Å². The van der Waals surface area contributed by atoms with Crippen LogP contribution in [0.4, 0.5) is 0 Å². The summed E-state index contributed by atoms with van der Waals surface area (Å²) in [5, 5.41) is 0. The predicted molar refractivity (Wildman–Crippen MR) is 55.2 cm³/mol. The fourth-order valence-corrected chi connectivity index (χ4v) is 2.10. The topological polar surface area (TPSA) is 17.1 Å². The molecule has 0 radical (unpaired) electrons. The third-order valence-electron chi connectivity index (χ3n) is 2.02. The van der Waals surface area contributed by atoms with E-state index in [1.807, 2.05) is 0 Å². The Balaban J connectivity index is 4.35. The van der Waals surface area contributed by atoms with Gasteiger partial charge in [0.1, 0.15) is 0 Å². The summed E-state index contributed by atoms with van der Waals surface area (Å²) in [6.45, 7) is 5.29. The SMILES string of the molecule is [3H]CP([3H])(C)(CCCCC)C(C)=O. The average molecular weight is 180 g/mol. The van der Waals surface area contributed by atoms with Crippen molar-refractivity contribution in [1.82, 2.24) is 0 Å². The van der Waals surface area contributed by atoms with E-state index in [1.54, 1.807) is 6.66 Å². The van der Waals surface area contributed by atoms with Crippen LogP contribution in [-0.4, -0.2) is 26.3 Å². The summed E-state index contributed by atoms with van der Waals surface area (Å²) in [5.41, 5.74) is -0.0582. The Morgan fingerprint density at radius 1 is 1.64 bits per heavy atom. The van der Waals surface area contributed by atoms with E-state index in [2.05, 4.69) is 6.92 Å². The standard InChI is InChI=1S/C9H21OP/c1-5-6-7-8-11(3,4)9(2)10/h11H,5-8H2,1-4H3/i3T,11T. The van der Waals surface area contributed by atoms with Crippen molar-refractivity contribution < 1.29 is 6.17 Å². The van der Waals surface area contributed by atoms with Gasteiger partial charge in [0.15, 0.2) is 0 Å². The second-order valence-corrected chi connectivity index (χ2v) is 7.21. The molecule has 0 heterocycles. The van der Waals surface area contributed by atoms with Gasteiger partial charge in [0, 0.05) is 0 Å². The molecule has 11 heavy (non-hydrogen) atoms. The van der Waals surface area contributed by atoms with Crippen LogP contribution >= 0.6 is 7.21 Å². The Labute approximate surface area is 73.6 Å². The van der Waals surface area contributed by atoms with Gasteiger partial charge in [-0.3, -0.25) is 0 Å². The molecule has 0 bridgehead atoms. The minimum absolute atomic E-state index is 0.00928. The van der Waals surface area contributed by atoms with E-state index in [0.29, 0.717) is 6.16 Å². The fraction of sp³-hybridized carbons (Fsp3) is 0.889. The van der Waals surface area contributed by atoms with Crippen molar-refractivity contribution in [3.05, 3.63) is 0 Å². The first-order valence-electron chi connectivity index (χ1n) is 5.37. The monoisotopic (exact) mass is 180 g/mol. The molecular formula is C9H21OP. The van der Waals surface area contributed by atoms with Crippen molar-refractivity contribution in [2.75, 3.05) is 19.5 Å². The molecule has 0 aliphatic rings. The van der Waals surface area contributed by atoms with Crippen LogP contribution in [-0.2, 0) is 4.79 Å². The zero-order valence-corrected chi connectivity index (χ0v) is 8.79. The molecule has 0 aromatic heterocycles. The Bertz CT molecular complexity index is 192. The number of hydrogen-bond acceptors (Lipinski definition) is 1. The summed E-state index contributed by atoms with van der Waals surface area (Å²) in [7, 11) is -3.03. The average Bonchev–Trinajstić information content (AvgIpc) is 2.05. The second kappa shape index (κ2) is 4.87.